The van der Waals surface area contributed by atoms with Crippen LogP contribution in [-0.4, -0.2) is 24.3 Å². The van der Waals surface area contributed by atoms with Crippen molar-refractivity contribution < 1.29 is 9.90 Å². The highest BCUT2D eigenvalue weighted by Gasteiger charge is 1.96. The molecule has 0 unspecified atom stereocenters. The summed E-state index contributed by atoms with van der Waals surface area (Å²) in [6.45, 7) is 1.03. The lowest BCUT2D eigenvalue weighted by atomic mass is 10.0. The molecular formula is C26H51NO2. The minimum absolute atomic E-state index is 0.364. The van der Waals surface area contributed by atoms with Crippen molar-refractivity contribution in [2.24, 2.45) is 4.99 Å². The summed E-state index contributed by atoms with van der Waals surface area (Å²) < 4.78 is 0. The van der Waals surface area contributed by atoms with Crippen LogP contribution in [0, 0.1) is 0 Å². The van der Waals surface area contributed by atoms with Gasteiger partial charge in [-0.2, -0.15) is 0 Å². The van der Waals surface area contributed by atoms with E-state index in [4.69, 9.17) is 5.11 Å². The minimum atomic E-state index is 0.364. The summed E-state index contributed by atoms with van der Waals surface area (Å²) in [5, 5.41) is 8.74. The van der Waals surface area contributed by atoms with E-state index in [-0.39, 0.29) is 0 Å². The first kappa shape index (κ1) is 28.3. The molecule has 172 valence electrons. The van der Waals surface area contributed by atoms with Gasteiger partial charge in [0.25, 0.3) is 0 Å². The molecule has 0 aliphatic carbocycles. The fourth-order valence-corrected chi connectivity index (χ4v) is 4.06. The van der Waals surface area contributed by atoms with Crippen molar-refractivity contribution in [2.75, 3.05) is 13.2 Å². The maximum atomic E-state index is 9.94. The standard InChI is InChI=1S/C26H51NO2/c28-25-23-21-19-17-15-13-11-9-7-5-3-1-2-4-6-8-10-12-14-16-18-20-22-24-27-26-29/h28H,1-25H2. The Morgan fingerprint density at radius 2 is 0.655 bits per heavy atom. The van der Waals surface area contributed by atoms with E-state index in [9.17, 15) is 4.79 Å². The third-order valence-electron chi connectivity index (χ3n) is 5.99. The third-order valence-corrected chi connectivity index (χ3v) is 5.99. The average Bonchev–Trinajstić information content (AvgIpc) is 2.74. The number of hydrogen-bond donors (Lipinski definition) is 1. The summed E-state index contributed by atoms with van der Waals surface area (Å²) in [7, 11) is 0. The SMILES string of the molecule is O=C=NCCCCCCCCCCCCCCCCCCCCCCCCCO. The number of aliphatic imine (C=N–C) groups is 1. The first-order chi connectivity index (χ1) is 14.4. The molecular weight excluding hydrogens is 358 g/mol. The zero-order valence-corrected chi connectivity index (χ0v) is 19.5. The van der Waals surface area contributed by atoms with Gasteiger partial charge in [0.2, 0.25) is 6.08 Å². The number of nitrogens with zero attached hydrogens (tertiary/aromatic N) is 1. The number of unbranched alkanes of at least 4 members (excludes halogenated alkanes) is 22. The van der Waals surface area contributed by atoms with E-state index >= 15 is 0 Å². The molecule has 0 heterocycles. The quantitative estimate of drug-likeness (QED) is 0.0936. The van der Waals surface area contributed by atoms with Crippen LogP contribution < -0.4 is 0 Å². The fourth-order valence-electron chi connectivity index (χ4n) is 4.06. The largest absolute Gasteiger partial charge is 0.396 e. The summed E-state index contributed by atoms with van der Waals surface area (Å²) in [6.07, 6.45) is 32.7. The molecule has 0 aromatic heterocycles. The monoisotopic (exact) mass is 409 g/mol. The number of aliphatic hydroxyl groups excluding tert-OH is 1. The second kappa shape index (κ2) is 27.3. The Labute approximate surface area is 182 Å². The summed E-state index contributed by atoms with van der Waals surface area (Å²) >= 11 is 0. The minimum Gasteiger partial charge on any atom is -0.396 e. The van der Waals surface area contributed by atoms with E-state index in [1.807, 2.05) is 0 Å². The highest BCUT2D eigenvalue weighted by atomic mass is 16.2. The molecule has 0 aromatic rings. The maximum absolute atomic E-state index is 9.94. The van der Waals surface area contributed by atoms with E-state index in [0.717, 1.165) is 12.8 Å². The Morgan fingerprint density at radius 1 is 0.414 bits per heavy atom. The van der Waals surface area contributed by atoms with E-state index in [2.05, 4.69) is 4.99 Å². The van der Waals surface area contributed by atoms with Crippen molar-refractivity contribution in [1.29, 1.82) is 0 Å². The van der Waals surface area contributed by atoms with Crippen LogP contribution in [-0.2, 0) is 4.79 Å². The smallest absolute Gasteiger partial charge is 0.234 e. The first-order valence-electron chi connectivity index (χ1n) is 13.1. The summed E-state index contributed by atoms with van der Waals surface area (Å²) in [5.74, 6) is 0. The van der Waals surface area contributed by atoms with Crippen LogP contribution in [0.4, 0.5) is 0 Å². The maximum Gasteiger partial charge on any atom is 0.234 e. The lowest BCUT2D eigenvalue weighted by Crippen LogP contribution is -1.85. The molecule has 0 spiro atoms. The van der Waals surface area contributed by atoms with Crippen LogP contribution in [0.3, 0.4) is 0 Å². The normalized spacial score (nSPS) is 10.9. The molecule has 3 heteroatoms. The lowest BCUT2D eigenvalue weighted by molar-refractivity contribution is 0.282. The van der Waals surface area contributed by atoms with Crippen molar-refractivity contribution >= 4 is 6.08 Å². The number of aliphatic hydroxyl groups is 1. The van der Waals surface area contributed by atoms with Gasteiger partial charge >= 0.3 is 0 Å². The van der Waals surface area contributed by atoms with E-state index < -0.39 is 0 Å². The molecule has 0 radical (unpaired) electrons. The number of hydrogen-bond acceptors (Lipinski definition) is 3. The van der Waals surface area contributed by atoms with Gasteiger partial charge in [-0.3, -0.25) is 0 Å². The van der Waals surface area contributed by atoms with E-state index in [0.29, 0.717) is 13.2 Å². The molecule has 0 aromatic carbocycles. The number of isocyanates is 1. The van der Waals surface area contributed by atoms with Crippen LogP contribution in [0.2, 0.25) is 0 Å². The predicted molar refractivity (Wildman–Crippen MR) is 126 cm³/mol. The number of rotatable bonds is 25. The van der Waals surface area contributed by atoms with Gasteiger partial charge in [0, 0.05) is 6.61 Å². The van der Waals surface area contributed by atoms with Crippen LogP contribution in [0.5, 0.6) is 0 Å². The molecule has 0 fully saturated rings. The first-order valence-corrected chi connectivity index (χ1v) is 13.1. The third kappa shape index (κ3) is 27.3. The van der Waals surface area contributed by atoms with Gasteiger partial charge in [-0.1, -0.05) is 135 Å². The molecule has 0 rings (SSSR count). The summed E-state index contributed by atoms with van der Waals surface area (Å²) in [6, 6.07) is 0. The lowest BCUT2D eigenvalue weighted by Gasteiger charge is -2.04. The predicted octanol–water partition coefficient (Wildman–Crippen LogP) is 8.29. The Hall–Kier alpha value is -0.660. The molecule has 0 saturated heterocycles. The van der Waals surface area contributed by atoms with E-state index in [1.54, 1.807) is 6.08 Å². The molecule has 0 aliphatic rings. The van der Waals surface area contributed by atoms with Gasteiger partial charge in [0.15, 0.2) is 0 Å². The van der Waals surface area contributed by atoms with E-state index in [1.165, 1.54) is 135 Å². The second-order valence-electron chi connectivity index (χ2n) is 8.83. The molecule has 29 heavy (non-hydrogen) atoms. The van der Waals surface area contributed by atoms with Gasteiger partial charge in [0.1, 0.15) is 0 Å². The Morgan fingerprint density at radius 3 is 0.897 bits per heavy atom. The van der Waals surface area contributed by atoms with Crippen molar-refractivity contribution in [3.8, 4) is 0 Å². The summed E-state index contributed by atoms with van der Waals surface area (Å²) in [5.41, 5.74) is 0. The average molecular weight is 410 g/mol. The highest BCUT2D eigenvalue weighted by Crippen LogP contribution is 2.15. The molecule has 0 aliphatic heterocycles. The zero-order valence-electron chi connectivity index (χ0n) is 19.5. The second-order valence-corrected chi connectivity index (χ2v) is 8.83. The van der Waals surface area contributed by atoms with Crippen LogP contribution in [0.1, 0.15) is 148 Å². The molecule has 0 bridgehead atoms. The van der Waals surface area contributed by atoms with Gasteiger partial charge in [-0.05, 0) is 12.8 Å². The van der Waals surface area contributed by atoms with Crippen molar-refractivity contribution in [1.82, 2.24) is 0 Å². The topological polar surface area (TPSA) is 49.7 Å². The highest BCUT2D eigenvalue weighted by molar-refractivity contribution is 5.32. The molecule has 0 saturated carbocycles. The van der Waals surface area contributed by atoms with Gasteiger partial charge in [-0.15, -0.1) is 0 Å². The molecule has 0 atom stereocenters. The Bertz CT molecular complexity index is 340. The van der Waals surface area contributed by atoms with Crippen LogP contribution in [0.25, 0.3) is 0 Å². The van der Waals surface area contributed by atoms with Gasteiger partial charge < -0.3 is 5.11 Å². The van der Waals surface area contributed by atoms with Gasteiger partial charge in [0.05, 0.1) is 6.54 Å². The zero-order chi connectivity index (χ0) is 21.1. The Kier molecular flexibility index (Phi) is 26.7. The van der Waals surface area contributed by atoms with Crippen LogP contribution in [0.15, 0.2) is 4.99 Å². The van der Waals surface area contributed by atoms with Crippen molar-refractivity contribution in [3.63, 3.8) is 0 Å². The van der Waals surface area contributed by atoms with Gasteiger partial charge in [-0.25, -0.2) is 9.79 Å². The van der Waals surface area contributed by atoms with Crippen LogP contribution >= 0.6 is 0 Å². The van der Waals surface area contributed by atoms with Crippen molar-refractivity contribution in [3.05, 3.63) is 0 Å². The number of carbonyl (C=O) groups excluding carboxylic acids is 1. The summed E-state index contributed by atoms with van der Waals surface area (Å²) in [4.78, 5) is 13.5. The molecule has 1 N–H and O–H groups in total. The van der Waals surface area contributed by atoms with Crippen molar-refractivity contribution in [2.45, 2.75) is 148 Å². The molecule has 0 amide bonds. The molecule has 3 nitrogen and oxygen atoms in total. The fraction of sp³-hybridized carbons (Fsp3) is 0.962. The Balaban J connectivity index is 2.99.